The fourth-order valence-corrected chi connectivity index (χ4v) is 0.297. The van der Waals surface area contributed by atoms with Crippen molar-refractivity contribution < 1.29 is 22.7 Å². The van der Waals surface area contributed by atoms with Crippen molar-refractivity contribution in [2.24, 2.45) is 0 Å². The van der Waals surface area contributed by atoms with Crippen LogP contribution in [-0.4, -0.2) is 25.2 Å². The molecule has 0 aliphatic rings. The molecule has 0 N–H and O–H groups in total. The van der Waals surface area contributed by atoms with Gasteiger partial charge in [0.05, 0.1) is 0 Å². The zero-order valence-electron chi connectivity index (χ0n) is 5.31. The molecular formula is C5H7F3O2. The third kappa shape index (κ3) is 3.32. The molecule has 0 spiro atoms. The van der Waals surface area contributed by atoms with Crippen LogP contribution in [0.3, 0.4) is 0 Å². The van der Waals surface area contributed by atoms with Crippen molar-refractivity contribution in [3.63, 3.8) is 0 Å². The van der Waals surface area contributed by atoms with Crippen LogP contribution < -0.4 is 0 Å². The van der Waals surface area contributed by atoms with Gasteiger partial charge in [-0.2, -0.15) is 0 Å². The van der Waals surface area contributed by atoms with E-state index < -0.39 is 25.2 Å². The van der Waals surface area contributed by atoms with E-state index in [1.54, 1.807) is 0 Å². The highest BCUT2D eigenvalue weighted by molar-refractivity contribution is 5.74. The first-order valence-electron chi connectivity index (χ1n) is 2.62. The number of ether oxygens (including phenoxy) is 1. The molecule has 0 aromatic carbocycles. The fourth-order valence-electron chi connectivity index (χ4n) is 0.297. The number of alkyl halides is 3. The van der Waals surface area contributed by atoms with E-state index in [0.29, 0.717) is 0 Å². The molecule has 0 saturated carbocycles. The molecule has 2 atom stereocenters. The quantitative estimate of drug-likeness (QED) is 0.573. The third-order valence-electron chi connectivity index (χ3n) is 0.670. The minimum Gasteiger partial charge on any atom is -0.429 e. The van der Waals surface area contributed by atoms with E-state index >= 15 is 0 Å². The van der Waals surface area contributed by atoms with Crippen LogP contribution >= 0.6 is 0 Å². The first-order chi connectivity index (χ1) is 4.57. The van der Waals surface area contributed by atoms with E-state index in [1.165, 1.54) is 0 Å². The van der Waals surface area contributed by atoms with Gasteiger partial charge >= 0.3 is 5.97 Å². The van der Waals surface area contributed by atoms with Crippen molar-refractivity contribution in [3.8, 4) is 0 Å². The minimum atomic E-state index is -2.36. The van der Waals surface area contributed by atoms with E-state index in [2.05, 4.69) is 4.74 Å². The molecule has 0 saturated heterocycles. The number of carbonyl (C=O) groups excluding carboxylic acids is 1. The van der Waals surface area contributed by atoms with E-state index in [-0.39, 0.29) is 0 Å². The van der Waals surface area contributed by atoms with E-state index in [9.17, 15) is 18.0 Å². The predicted octanol–water partition coefficient (Wildman–Crippen LogP) is 1.15. The molecule has 0 heterocycles. The molecular weight excluding hydrogens is 149 g/mol. The van der Waals surface area contributed by atoms with Gasteiger partial charge in [0.2, 0.25) is 12.5 Å². The van der Waals surface area contributed by atoms with Gasteiger partial charge in [0, 0.05) is 6.92 Å². The summed E-state index contributed by atoms with van der Waals surface area (Å²) < 4.78 is 38.6. The number of carbonyl (C=O) groups is 1. The summed E-state index contributed by atoms with van der Waals surface area (Å²) in [4.78, 5) is 10.1. The van der Waals surface area contributed by atoms with Crippen LogP contribution in [0.15, 0.2) is 0 Å². The van der Waals surface area contributed by atoms with E-state index in [0.717, 1.165) is 6.92 Å². The second kappa shape index (κ2) is 4.14. The maximum absolute atomic E-state index is 11.9. The lowest BCUT2D eigenvalue weighted by Gasteiger charge is -2.05. The number of halogens is 3. The van der Waals surface area contributed by atoms with Crippen molar-refractivity contribution >= 4 is 5.97 Å². The minimum absolute atomic E-state index is 0.906. The second-order valence-electron chi connectivity index (χ2n) is 1.60. The standard InChI is InChI=1S/C5H7F3O2/c1-3(7)10-5(9)4(8)2-6/h3-4H,2H2,1H3. The zero-order valence-corrected chi connectivity index (χ0v) is 5.31. The maximum Gasteiger partial charge on any atom is 0.346 e. The SMILES string of the molecule is CC(F)OC(=O)C(F)CF. The summed E-state index contributed by atoms with van der Waals surface area (Å²) in [5.41, 5.74) is 0. The average molecular weight is 156 g/mol. The van der Waals surface area contributed by atoms with Crippen molar-refractivity contribution in [1.29, 1.82) is 0 Å². The molecule has 0 aromatic rings. The number of hydrogen-bond acceptors (Lipinski definition) is 2. The Kier molecular flexibility index (Phi) is 3.83. The Morgan fingerprint density at radius 2 is 2.10 bits per heavy atom. The monoisotopic (exact) mass is 156 g/mol. The van der Waals surface area contributed by atoms with E-state index in [4.69, 9.17) is 0 Å². The summed E-state index contributed by atoms with van der Waals surface area (Å²) in [5.74, 6) is -1.50. The molecule has 0 amide bonds. The van der Waals surface area contributed by atoms with Crippen molar-refractivity contribution in [1.82, 2.24) is 0 Å². The summed E-state index contributed by atoms with van der Waals surface area (Å²) in [7, 11) is 0. The summed E-state index contributed by atoms with van der Waals surface area (Å²) in [6, 6.07) is 0. The highest BCUT2D eigenvalue weighted by Gasteiger charge is 2.20. The molecule has 2 nitrogen and oxygen atoms in total. The molecule has 0 aliphatic carbocycles. The van der Waals surface area contributed by atoms with Gasteiger partial charge in [0.25, 0.3) is 0 Å². The molecule has 0 bridgehead atoms. The summed E-state index contributed by atoms with van der Waals surface area (Å²) in [6.45, 7) is -0.575. The topological polar surface area (TPSA) is 26.3 Å². The number of esters is 1. The Morgan fingerprint density at radius 3 is 2.40 bits per heavy atom. The smallest absolute Gasteiger partial charge is 0.346 e. The van der Waals surface area contributed by atoms with Crippen LogP contribution in [0, 0.1) is 0 Å². The molecule has 0 aromatic heterocycles. The van der Waals surface area contributed by atoms with Crippen LogP contribution in [0.25, 0.3) is 0 Å². The zero-order chi connectivity index (χ0) is 8.15. The normalized spacial score (nSPS) is 16.0. The van der Waals surface area contributed by atoms with Crippen LogP contribution in [0.5, 0.6) is 0 Å². The lowest BCUT2D eigenvalue weighted by atomic mass is 10.4. The second-order valence-corrected chi connectivity index (χ2v) is 1.60. The van der Waals surface area contributed by atoms with Gasteiger partial charge in [-0.25, -0.2) is 18.0 Å². The molecule has 0 fully saturated rings. The van der Waals surface area contributed by atoms with Crippen LogP contribution in [0.2, 0.25) is 0 Å². The highest BCUT2D eigenvalue weighted by atomic mass is 19.2. The summed E-state index contributed by atoms with van der Waals surface area (Å²) in [5, 5.41) is 0. The molecule has 2 unspecified atom stereocenters. The van der Waals surface area contributed by atoms with Gasteiger partial charge in [0.15, 0.2) is 0 Å². The summed E-state index contributed by atoms with van der Waals surface area (Å²) in [6.07, 6.45) is -4.25. The lowest BCUT2D eigenvalue weighted by Crippen LogP contribution is -2.23. The number of hydrogen-bond donors (Lipinski definition) is 0. The Morgan fingerprint density at radius 1 is 1.60 bits per heavy atom. The summed E-state index contributed by atoms with van der Waals surface area (Å²) >= 11 is 0. The van der Waals surface area contributed by atoms with Gasteiger partial charge in [-0.15, -0.1) is 0 Å². The van der Waals surface area contributed by atoms with Gasteiger partial charge in [0.1, 0.15) is 6.67 Å². The predicted molar refractivity (Wildman–Crippen MR) is 27.5 cm³/mol. The first kappa shape index (κ1) is 9.26. The molecule has 60 valence electrons. The Labute approximate surface area is 56.0 Å². The van der Waals surface area contributed by atoms with Gasteiger partial charge in [-0.1, -0.05) is 0 Å². The molecule has 5 heteroatoms. The molecule has 10 heavy (non-hydrogen) atoms. The Hall–Kier alpha value is -0.740. The fraction of sp³-hybridized carbons (Fsp3) is 0.800. The Bertz CT molecular complexity index is 115. The van der Waals surface area contributed by atoms with Crippen LogP contribution in [0.1, 0.15) is 6.92 Å². The van der Waals surface area contributed by atoms with Gasteiger partial charge in [-0.3, -0.25) is 0 Å². The molecule has 0 radical (unpaired) electrons. The maximum atomic E-state index is 11.9. The Balaban J connectivity index is 3.62. The van der Waals surface area contributed by atoms with Crippen molar-refractivity contribution in [2.45, 2.75) is 19.5 Å². The third-order valence-corrected chi connectivity index (χ3v) is 0.670. The first-order valence-corrected chi connectivity index (χ1v) is 2.62. The van der Waals surface area contributed by atoms with Gasteiger partial charge in [-0.05, 0) is 0 Å². The van der Waals surface area contributed by atoms with E-state index in [1.807, 2.05) is 0 Å². The molecule has 0 rings (SSSR count). The van der Waals surface area contributed by atoms with Crippen LogP contribution in [-0.2, 0) is 9.53 Å². The molecule has 0 aliphatic heterocycles. The van der Waals surface area contributed by atoms with Gasteiger partial charge < -0.3 is 4.74 Å². The highest BCUT2D eigenvalue weighted by Crippen LogP contribution is 1.99. The van der Waals surface area contributed by atoms with Crippen molar-refractivity contribution in [2.75, 3.05) is 6.67 Å². The average Bonchev–Trinajstić information content (AvgIpc) is 1.85. The lowest BCUT2D eigenvalue weighted by molar-refractivity contribution is -0.162. The largest absolute Gasteiger partial charge is 0.429 e. The number of rotatable bonds is 3. The van der Waals surface area contributed by atoms with Crippen molar-refractivity contribution in [3.05, 3.63) is 0 Å². The van der Waals surface area contributed by atoms with Crippen LogP contribution in [0.4, 0.5) is 13.2 Å².